The van der Waals surface area contributed by atoms with E-state index in [0.29, 0.717) is 5.56 Å². The van der Waals surface area contributed by atoms with E-state index in [1.165, 1.54) is 12.3 Å². The van der Waals surface area contributed by atoms with E-state index in [-0.39, 0.29) is 5.69 Å². The van der Waals surface area contributed by atoms with Crippen molar-refractivity contribution in [2.24, 2.45) is 0 Å². The normalized spacial score (nSPS) is 10.4. The Morgan fingerprint density at radius 1 is 1.29 bits per heavy atom. The predicted molar refractivity (Wildman–Crippen MR) is 79.6 cm³/mol. The van der Waals surface area contributed by atoms with Gasteiger partial charge in [0, 0.05) is 12.3 Å². The summed E-state index contributed by atoms with van der Waals surface area (Å²) in [5, 5.41) is 3.22. The zero-order valence-corrected chi connectivity index (χ0v) is 12.2. The van der Waals surface area contributed by atoms with E-state index in [1.807, 2.05) is 0 Å². The van der Waals surface area contributed by atoms with Gasteiger partial charge in [0.25, 0.3) is 5.91 Å². The van der Waals surface area contributed by atoms with E-state index < -0.39 is 17.5 Å². The molecule has 0 spiro atoms. The Labute approximate surface area is 125 Å². The minimum absolute atomic E-state index is 0.0640. The molecule has 1 heterocycles. The zero-order valence-electron chi connectivity index (χ0n) is 11.4. The smallest absolute Gasteiger partial charge is 0.257 e. The van der Waals surface area contributed by atoms with E-state index in [0.717, 1.165) is 29.3 Å². The summed E-state index contributed by atoms with van der Waals surface area (Å²) in [6.45, 7) is 2.08. The fourth-order valence-corrected chi connectivity index (χ4v) is 2.30. The van der Waals surface area contributed by atoms with Crippen LogP contribution >= 0.6 is 11.8 Å². The van der Waals surface area contributed by atoms with Crippen LogP contribution in [0.3, 0.4) is 0 Å². The van der Waals surface area contributed by atoms with Crippen LogP contribution in [-0.4, -0.2) is 16.6 Å². The van der Waals surface area contributed by atoms with Gasteiger partial charge in [0.1, 0.15) is 11.6 Å². The molecule has 0 saturated heterocycles. The third-order valence-electron chi connectivity index (χ3n) is 2.63. The number of carbonyl (C=O) groups excluding carboxylic acids is 1. The number of aromatic nitrogens is 1. The molecule has 0 bridgehead atoms. The SMILES string of the molecule is CCCSc1ccc(C(=O)Nc2ccc(F)cc2F)cn1. The minimum Gasteiger partial charge on any atom is -0.319 e. The summed E-state index contributed by atoms with van der Waals surface area (Å²) in [6, 6.07) is 6.36. The van der Waals surface area contributed by atoms with Crippen molar-refractivity contribution in [3.63, 3.8) is 0 Å². The Balaban J connectivity index is 2.06. The van der Waals surface area contributed by atoms with Crippen LogP contribution in [0.25, 0.3) is 0 Å². The van der Waals surface area contributed by atoms with Gasteiger partial charge in [0.2, 0.25) is 0 Å². The van der Waals surface area contributed by atoms with Gasteiger partial charge in [-0.3, -0.25) is 4.79 Å². The second-order valence-corrected chi connectivity index (χ2v) is 5.43. The number of hydrogen-bond donors (Lipinski definition) is 1. The van der Waals surface area contributed by atoms with Gasteiger partial charge < -0.3 is 5.32 Å². The van der Waals surface area contributed by atoms with Crippen molar-refractivity contribution in [1.29, 1.82) is 0 Å². The predicted octanol–water partition coefficient (Wildman–Crippen LogP) is 4.11. The van der Waals surface area contributed by atoms with Gasteiger partial charge in [-0.1, -0.05) is 6.92 Å². The van der Waals surface area contributed by atoms with Crippen molar-refractivity contribution < 1.29 is 13.6 Å². The molecule has 0 aliphatic carbocycles. The Kier molecular flexibility index (Phi) is 5.27. The molecule has 2 rings (SSSR count). The van der Waals surface area contributed by atoms with Crippen molar-refractivity contribution in [3.05, 3.63) is 53.7 Å². The largest absolute Gasteiger partial charge is 0.319 e. The summed E-state index contributed by atoms with van der Waals surface area (Å²) in [5.41, 5.74) is 0.255. The number of carbonyl (C=O) groups is 1. The van der Waals surface area contributed by atoms with E-state index in [9.17, 15) is 13.6 Å². The standard InChI is InChI=1S/C15H14F2N2OS/c1-2-7-21-14-6-3-10(9-18-14)15(20)19-13-5-4-11(16)8-12(13)17/h3-6,8-9H,2,7H2,1H3,(H,19,20). The van der Waals surface area contributed by atoms with Crippen molar-refractivity contribution >= 4 is 23.4 Å². The van der Waals surface area contributed by atoms with Crippen molar-refractivity contribution in [3.8, 4) is 0 Å². The third-order valence-corrected chi connectivity index (χ3v) is 3.78. The first-order chi connectivity index (χ1) is 10.1. The lowest BCUT2D eigenvalue weighted by atomic mass is 10.2. The maximum atomic E-state index is 13.5. The van der Waals surface area contributed by atoms with Crippen LogP contribution in [0, 0.1) is 11.6 Å². The Bertz CT molecular complexity index is 632. The summed E-state index contributed by atoms with van der Waals surface area (Å²) in [5.74, 6) is -1.03. The van der Waals surface area contributed by atoms with Crippen LogP contribution in [0.2, 0.25) is 0 Å². The highest BCUT2D eigenvalue weighted by Crippen LogP contribution is 2.18. The second kappa shape index (κ2) is 7.17. The van der Waals surface area contributed by atoms with E-state index in [2.05, 4.69) is 17.2 Å². The number of amides is 1. The molecule has 1 aromatic heterocycles. The van der Waals surface area contributed by atoms with Gasteiger partial charge in [-0.15, -0.1) is 11.8 Å². The fraction of sp³-hybridized carbons (Fsp3) is 0.200. The molecule has 1 amide bonds. The van der Waals surface area contributed by atoms with Gasteiger partial charge in [0.05, 0.1) is 16.3 Å². The molecule has 0 atom stereocenters. The molecule has 0 unspecified atom stereocenters. The van der Waals surface area contributed by atoms with Crippen LogP contribution in [0.4, 0.5) is 14.5 Å². The summed E-state index contributed by atoms with van der Waals surface area (Å²) in [6.07, 6.45) is 2.48. The van der Waals surface area contributed by atoms with Gasteiger partial charge in [-0.2, -0.15) is 0 Å². The Morgan fingerprint density at radius 3 is 2.71 bits per heavy atom. The molecule has 0 fully saturated rings. The van der Waals surface area contributed by atoms with Crippen LogP contribution in [0.15, 0.2) is 41.6 Å². The maximum absolute atomic E-state index is 13.5. The van der Waals surface area contributed by atoms with Crippen molar-refractivity contribution in [2.75, 3.05) is 11.1 Å². The molecule has 3 nitrogen and oxygen atoms in total. The molecule has 0 radical (unpaired) electrons. The van der Waals surface area contributed by atoms with Crippen molar-refractivity contribution in [1.82, 2.24) is 4.98 Å². The molecule has 1 aromatic carbocycles. The summed E-state index contributed by atoms with van der Waals surface area (Å²) < 4.78 is 26.2. The number of rotatable bonds is 5. The maximum Gasteiger partial charge on any atom is 0.257 e. The highest BCUT2D eigenvalue weighted by Gasteiger charge is 2.10. The van der Waals surface area contributed by atoms with E-state index >= 15 is 0 Å². The first kappa shape index (κ1) is 15.4. The summed E-state index contributed by atoms with van der Waals surface area (Å²) in [4.78, 5) is 16.1. The molecule has 1 N–H and O–H groups in total. The number of benzene rings is 1. The highest BCUT2D eigenvalue weighted by molar-refractivity contribution is 7.99. The lowest BCUT2D eigenvalue weighted by molar-refractivity contribution is 0.102. The number of thioether (sulfide) groups is 1. The quantitative estimate of drug-likeness (QED) is 0.845. The van der Waals surface area contributed by atoms with Gasteiger partial charge in [-0.25, -0.2) is 13.8 Å². The van der Waals surface area contributed by atoms with Gasteiger partial charge in [0.15, 0.2) is 0 Å². The third kappa shape index (κ3) is 4.26. The topological polar surface area (TPSA) is 42.0 Å². The number of hydrogen-bond acceptors (Lipinski definition) is 3. The molecule has 110 valence electrons. The summed E-state index contributed by atoms with van der Waals surface area (Å²) in [7, 11) is 0. The lowest BCUT2D eigenvalue weighted by Gasteiger charge is -2.07. The van der Waals surface area contributed by atoms with E-state index in [4.69, 9.17) is 0 Å². The average molecular weight is 308 g/mol. The zero-order chi connectivity index (χ0) is 15.2. The lowest BCUT2D eigenvalue weighted by Crippen LogP contribution is -2.13. The van der Waals surface area contributed by atoms with Gasteiger partial charge in [-0.05, 0) is 36.4 Å². The second-order valence-electron chi connectivity index (χ2n) is 4.31. The van der Waals surface area contributed by atoms with Crippen LogP contribution < -0.4 is 5.32 Å². The molecule has 0 saturated carbocycles. The number of nitrogens with zero attached hydrogens (tertiary/aromatic N) is 1. The molecular weight excluding hydrogens is 294 g/mol. The molecule has 2 aromatic rings. The number of nitrogens with one attached hydrogen (secondary N) is 1. The van der Waals surface area contributed by atoms with Crippen LogP contribution in [-0.2, 0) is 0 Å². The average Bonchev–Trinajstić information content (AvgIpc) is 2.48. The van der Waals surface area contributed by atoms with Crippen LogP contribution in [0.5, 0.6) is 0 Å². The number of pyridine rings is 1. The molecule has 21 heavy (non-hydrogen) atoms. The molecular formula is C15H14F2N2OS. The molecule has 6 heteroatoms. The van der Waals surface area contributed by atoms with Crippen LogP contribution in [0.1, 0.15) is 23.7 Å². The Hall–Kier alpha value is -1.95. The van der Waals surface area contributed by atoms with Gasteiger partial charge >= 0.3 is 0 Å². The number of halogens is 2. The highest BCUT2D eigenvalue weighted by atomic mass is 32.2. The monoisotopic (exact) mass is 308 g/mol. The Morgan fingerprint density at radius 2 is 2.10 bits per heavy atom. The molecule has 0 aliphatic heterocycles. The fourth-order valence-electron chi connectivity index (χ4n) is 1.59. The van der Waals surface area contributed by atoms with Crippen molar-refractivity contribution in [2.45, 2.75) is 18.4 Å². The van der Waals surface area contributed by atoms with E-state index in [1.54, 1.807) is 23.9 Å². The summed E-state index contributed by atoms with van der Waals surface area (Å²) >= 11 is 1.60. The first-order valence-electron chi connectivity index (χ1n) is 6.45. The molecule has 0 aliphatic rings. The number of anilines is 1. The minimum atomic E-state index is -0.813. The first-order valence-corrected chi connectivity index (χ1v) is 7.44.